The van der Waals surface area contributed by atoms with Crippen LogP contribution in [0.4, 0.5) is 11.6 Å². The molecule has 0 saturated heterocycles. The second kappa shape index (κ2) is 3.96. The lowest BCUT2D eigenvalue weighted by Crippen LogP contribution is -2.15. The van der Waals surface area contributed by atoms with Gasteiger partial charge in [-0.1, -0.05) is 11.6 Å². The van der Waals surface area contributed by atoms with Crippen LogP contribution in [0.2, 0.25) is 5.02 Å². The smallest absolute Gasteiger partial charge is 0.238 e. The Morgan fingerprint density at radius 1 is 1.33 bits per heavy atom. The summed E-state index contributed by atoms with van der Waals surface area (Å²) in [6.07, 6.45) is 1.54. The summed E-state index contributed by atoms with van der Waals surface area (Å²) in [7, 11) is 0. The Kier molecular flexibility index (Phi) is 2.41. The first-order valence-electron chi connectivity index (χ1n) is 5.34. The Balaban J connectivity index is 2.14. The average Bonchev–Trinajstić information content (AvgIpc) is 2.64. The Labute approximate surface area is 108 Å². The number of halogens is 1. The number of aromatic nitrogens is 2. The van der Waals surface area contributed by atoms with E-state index in [0.717, 1.165) is 11.3 Å². The summed E-state index contributed by atoms with van der Waals surface area (Å²) in [5.41, 5.74) is 7.68. The van der Waals surface area contributed by atoms with E-state index in [2.05, 4.69) is 15.3 Å². The number of anilines is 2. The van der Waals surface area contributed by atoms with Crippen molar-refractivity contribution in [1.29, 1.82) is 0 Å². The molecule has 3 N–H and O–H groups in total. The van der Waals surface area contributed by atoms with Gasteiger partial charge in [0, 0.05) is 16.9 Å². The normalized spacial score (nSPS) is 17.4. The van der Waals surface area contributed by atoms with Gasteiger partial charge in [0.05, 0.1) is 5.69 Å². The van der Waals surface area contributed by atoms with Crippen LogP contribution in [0.3, 0.4) is 0 Å². The number of fused-ring (bicyclic) bond motifs is 1. The maximum atomic E-state index is 12.0. The summed E-state index contributed by atoms with van der Waals surface area (Å²) >= 11 is 5.96. The predicted octanol–water partition coefficient (Wildman–Crippen LogP) is 1.80. The number of carbonyl (C=O) groups is 1. The summed E-state index contributed by atoms with van der Waals surface area (Å²) in [4.78, 5) is 19.9. The van der Waals surface area contributed by atoms with Gasteiger partial charge in [0.15, 0.2) is 0 Å². The zero-order valence-corrected chi connectivity index (χ0v) is 9.98. The van der Waals surface area contributed by atoms with Gasteiger partial charge in [0.1, 0.15) is 5.92 Å². The fraction of sp³-hybridized carbons (Fsp3) is 0.0833. The van der Waals surface area contributed by atoms with Crippen LogP contribution in [-0.2, 0) is 4.79 Å². The van der Waals surface area contributed by atoms with E-state index in [0.29, 0.717) is 10.7 Å². The minimum atomic E-state index is -0.482. The molecule has 1 amide bonds. The molecule has 1 aromatic heterocycles. The molecule has 3 rings (SSSR count). The van der Waals surface area contributed by atoms with Crippen LogP contribution in [0.5, 0.6) is 0 Å². The van der Waals surface area contributed by atoms with E-state index in [9.17, 15) is 4.79 Å². The standard InChI is InChI=1S/C12H9ClN4O/c13-6-1-2-8-7(5-6)10(11(18)16-8)9-3-4-15-12(14)17-9/h1-5,10H,(H,16,18)(H2,14,15,17). The van der Waals surface area contributed by atoms with Gasteiger partial charge < -0.3 is 11.1 Å². The highest BCUT2D eigenvalue weighted by molar-refractivity contribution is 6.31. The summed E-state index contributed by atoms with van der Waals surface area (Å²) in [6.45, 7) is 0. The monoisotopic (exact) mass is 260 g/mol. The number of hydrogen-bond donors (Lipinski definition) is 2. The van der Waals surface area contributed by atoms with Crippen LogP contribution in [0.1, 0.15) is 17.2 Å². The minimum absolute atomic E-state index is 0.134. The summed E-state index contributed by atoms with van der Waals surface area (Å²) in [5.74, 6) is -0.467. The summed E-state index contributed by atoms with van der Waals surface area (Å²) < 4.78 is 0. The molecule has 2 heterocycles. The van der Waals surface area contributed by atoms with E-state index in [-0.39, 0.29) is 11.9 Å². The topological polar surface area (TPSA) is 80.9 Å². The van der Waals surface area contributed by atoms with Gasteiger partial charge in [0.2, 0.25) is 11.9 Å². The molecule has 5 nitrogen and oxygen atoms in total. The highest BCUT2D eigenvalue weighted by Gasteiger charge is 2.33. The van der Waals surface area contributed by atoms with Crippen molar-refractivity contribution in [2.45, 2.75) is 5.92 Å². The SMILES string of the molecule is Nc1nccc(C2C(=O)Nc3ccc(Cl)cc32)n1. The molecule has 2 aromatic rings. The zero-order chi connectivity index (χ0) is 12.7. The number of carbonyl (C=O) groups excluding carboxylic acids is 1. The van der Waals surface area contributed by atoms with Gasteiger partial charge in [-0.15, -0.1) is 0 Å². The number of amides is 1. The van der Waals surface area contributed by atoms with Crippen molar-refractivity contribution >= 4 is 29.1 Å². The van der Waals surface area contributed by atoms with E-state index in [4.69, 9.17) is 17.3 Å². The molecule has 1 atom stereocenters. The van der Waals surface area contributed by atoms with E-state index in [1.165, 1.54) is 6.20 Å². The first-order chi connectivity index (χ1) is 8.65. The van der Waals surface area contributed by atoms with Crippen LogP contribution in [0, 0.1) is 0 Å². The first-order valence-corrected chi connectivity index (χ1v) is 5.71. The lowest BCUT2D eigenvalue weighted by Gasteiger charge is -2.08. The predicted molar refractivity (Wildman–Crippen MR) is 68.4 cm³/mol. The Morgan fingerprint density at radius 3 is 2.94 bits per heavy atom. The third kappa shape index (κ3) is 1.69. The maximum Gasteiger partial charge on any atom is 0.238 e. The third-order valence-electron chi connectivity index (χ3n) is 2.84. The van der Waals surface area contributed by atoms with Gasteiger partial charge in [-0.25, -0.2) is 9.97 Å². The van der Waals surface area contributed by atoms with Crippen LogP contribution >= 0.6 is 11.6 Å². The van der Waals surface area contributed by atoms with Crippen LogP contribution in [0.25, 0.3) is 0 Å². The number of nitrogens with two attached hydrogens (primary N) is 1. The van der Waals surface area contributed by atoms with E-state index >= 15 is 0 Å². The molecule has 0 spiro atoms. The first kappa shape index (κ1) is 11.0. The molecule has 1 aliphatic rings. The van der Waals surface area contributed by atoms with Crippen molar-refractivity contribution in [3.63, 3.8) is 0 Å². The number of hydrogen-bond acceptors (Lipinski definition) is 4. The number of nitrogen functional groups attached to an aromatic ring is 1. The third-order valence-corrected chi connectivity index (χ3v) is 3.07. The summed E-state index contributed by atoms with van der Waals surface area (Å²) in [5, 5.41) is 3.37. The van der Waals surface area contributed by atoms with E-state index in [1.807, 2.05) is 0 Å². The molecular formula is C12H9ClN4O. The van der Waals surface area contributed by atoms with Crippen LogP contribution in [-0.4, -0.2) is 15.9 Å². The highest BCUT2D eigenvalue weighted by atomic mass is 35.5. The molecule has 0 radical (unpaired) electrons. The van der Waals surface area contributed by atoms with Crippen molar-refractivity contribution in [3.05, 3.63) is 46.7 Å². The molecule has 18 heavy (non-hydrogen) atoms. The highest BCUT2D eigenvalue weighted by Crippen LogP contribution is 2.37. The van der Waals surface area contributed by atoms with Crippen molar-refractivity contribution < 1.29 is 4.79 Å². The fourth-order valence-corrected chi connectivity index (χ4v) is 2.26. The van der Waals surface area contributed by atoms with Crippen LogP contribution < -0.4 is 11.1 Å². The number of rotatable bonds is 1. The number of benzene rings is 1. The molecule has 0 fully saturated rings. The Hall–Kier alpha value is -2.14. The quantitative estimate of drug-likeness (QED) is 0.819. The molecule has 90 valence electrons. The van der Waals surface area contributed by atoms with Crippen molar-refractivity contribution in [2.24, 2.45) is 0 Å². The zero-order valence-electron chi connectivity index (χ0n) is 9.22. The van der Waals surface area contributed by atoms with Gasteiger partial charge in [0.25, 0.3) is 0 Å². The average molecular weight is 261 g/mol. The largest absolute Gasteiger partial charge is 0.368 e. The van der Waals surface area contributed by atoms with Gasteiger partial charge in [-0.3, -0.25) is 4.79 Å². The number of nitrogens with one attached hydrogen (secondary N) is 1. The van der Waals surface area contributed by atoms with Crippen LogP contribution in [0.15, 0.2) is 30.5 Å². The van der Waals surface area contributed by atoms with E-state index in [1.54, 1.807) is 24.3 Å². The Bertz CT molecular complexity index is 644. The molecule has 1 aliphatic heterocycles. The summed E-state index contributed by atoms with van der Waals surface area (Å²) in [6, 6.07) is 6.95. The van der Waals surface area contributed by atoms with Crippen molar-refractivity contribution in [3.8, 4) is 0 Å². The molecule has 6 heteroatoms. The van der Waals surface area contributed by atoms with E-state index < -0.39 is 5.92 Å². The molecule has 0 bridgehead atoms. The van der Waals surface area contributed by atoms with Crippen molar-refractivity contribution in [2.75, 3.05) is 11.1 Å². The van der Waals surface area contributed by atoms with Gasteiger partial charge in [-0.05, 0) is 29.8 Å². The Morgan fingerprint density at radius 2 is 2.17 bits per heavy atom. The lowest BCUT2D eigenvalue weighted by molar-refractivity contribution is -0.116. The molecule has 0 aliphatic carbocycles. The lowest BCUT2D eigenvalue weighted by atomic mass is 9.97. The second-order valence-electron chi connectivity index (χ2n) is 3.99. The van der Waals surface area contributed by atoms with Gasteiger partial charge in [-0.2, -0.15) is 0 Å². The fourth-order valence-electron chi connectivity index (χ4n) is 2.08. The number of nitrogens with zero attached hydrogens (tertiary/aromatic N) is 2. The van der Waals surface area contributed by atoms with Crippen molar-refractivity contribution in [1.82, 2.24) is 9.97 Å². The molecular weight excluding hydrogens is 252 g/mol. The second-order valence-corrected chi connectivity index (χ2v) is 4.43. The van der Waals surface area contributed by atoms with Gasteiger partial charge >= 0.3 is 0 Å². The molecule has 0 saturated carbocycles. The maximum absolute atomic E-state index is 12.0. The molecule has 1 aromatic carbocycles. The molecule has 1 unspecified atom stereocenters. The minimum Gasteiger partial charge on any atom is -0.368 e.